The zero-order valence-electron chi connectivity index (χ0n) is 20.7. The van der Waals surface area contributed by atoms with Gasteiger partial charge in [-0.15, -0.1) is 5.10 Å². The Morgan fingerprint density at radius 3 is 2.46 bits per heavy atom. The Morgan fingerprint density at radius 1 is 0.971 bits per heavy atom. The summed E-state index contributed by atoms with van der Waals surface area (Å²) in [6.07, 6.45) is 2.55. The molecule has 0 spiro atoms. The first-order chi connectivity index (χ1) is 16.9. The number of para-hydroxylation sites is 1. The molecule has 35 heavy (non-hydrogen) atoms. The Labute approximate surface area is 206 Å². The molecule has 0 bridgehead atoms. The van der Waals surface area contributed by atoms with Gasteiger partial charge < -0.3 is 20.7 Å². The van der Waals surface area contributed by atoms with Crippen molar-refractivity contribution >= 4 is 22.8 Å². The van der Waals surface area contributed by atoms with Crippen molar-refractivity contribution in [2.75, 3.05) is 37.2 Å². The molecule has 8 nitrogen and oxygen atoms in total. The molecule has 0 amide bonds. The van der Waals surface area contributed by atoms with Crippen molar-refractivity contribution in [2.45, 2.75) is 39.2 Å². The maximum atomic E-state index is 6.62. The molecule has 182 valence electrons. The maximum Gasteiger partial charge on any atom is 0.225 e. The molecule has 2 aromatic carbocycles. The number of nitrogen functional groups attached to an aromatic ring is 1. The molecule has 3 N–H and O–H groups in total. The lowest BCUT2D eigenvalue weighted by Crippen LogP contribution is -2.26. The van der Waals surface area contributed by atoms with Crippen molar-refractivity contribution in [3.63, 3.8) is 0 Å². The molecule has 0 aliphatic carbocycles. The smallest absolute Gasteiger partial charge is 0.225 e. The van der Waals surface area contributed by atoms with E-state index < -0.39 is 0 Å². The fourth-order valence-electron chi connectivity index (χ4n) is 4.47. The van der Waals surface area contributed by atoms with E-state index in [0.29, 0.717) is 17.4 Å². The van der Waals surface area contributed by atoms with Crippen molar-refractivity contribution < 1.29 is 4.74 Å². The molecule has 0 radical (unpaired) electrons. The van der Waals surface area contributed by atoms with Gasteiger partial charge in [0.2, 0.25) is 5.95 Å². The number of rotatable bonds is 7. The standard InChI is InChI=1S/C27H33N7O/c1-27(2,3)34-24(28)22-23(19-10-9-13-21(18-19)35-20-11-5-4-6-12-20)30-26(31-25(22)32-34)29-14-17-33-15-7-8-16-33/h4-6,9-13,18H,7-8,14-17,28H2,1-3H3,(H,29,31,32). The van der Waals surface area contributed by atoms with Gasteiger partial charge in [0, 0.05) is 18.7 Å². The first-order valence-electron chi connectivity index (χ1n) is 12.2. The fraction of sp³-hybridized carbons (Fsp3) is 0.370. The van der Waals surface area contributed by atoms with Crippen molar-refractivity contribution in [3.05, 3.63) is 54.6 Å². The van der Waals surface area contributed by atoms with E-state index in [2.05, 4.69) is 31.0 Å². The minimum absolute atomic E-state index is 0.288. The summed E-state index contributed by atoms with van der Waals surface area (Å²) in [4.78, 5) is 12.1. The molecule has 1 aliphatic heterocycles. The van der Waals surface area contributed by atoms with Gasteiger partial charge in [-0.25, -0.2) is 9.67 Å². The molecule has 1 saturated heterocycles. The number of hydrogen-bond donors (Lipinski definition) is 2. The van der Waals surface area contributed by atoms with Gasteiger partial charge in [-0.05, 0) is 71.0 Å². The lowest BCUT2D eigenvalue weighted by Gasteiger charge is -2.20. The highest BCUT2D eigenvalue weighted by atomic mass is 16.5. The van der Waals surface area contributed by atoms with E-state index in [0.717, 1.165) is 54.3 Å². The van der Waals surface area contributed by atoms with Crippen molar-refractivity contribution in [2.24, 2.45) is 0 Å². The zero-order valence-corrected chi connectivity index (χ0v) is 20.7. The quantitative estimate of drug-likeness (QED) is 0.386. The highest BCUT2D eigenvalue weighted by Crippen LogP contribution is 2.35. The van der Waals surface area contributed by atoms with Crippen LogP contribution in [-0.4, -0.2) is 50.8 Å². The number of nitrogens with one attached hydrogen (secondary N) is 1. The monoisotopic (exact) mass is 471 g/mol. The van der Waals surface area contributed by atoms with Crippen LogP contribution in [0.4, 0.5) is 11.8 Å². The number of likely N-dealkylation sites (tertiary alicyclic amines) is 1. The van der Waals surface area contributed by atoms with Crippen LogP contribution in [0.5, 0.6) is 11.5 Å². The van der Waals surface area contributed by atoms with E-state index in [1.165, 1.54) is 12.8 Å². The number of benzene rings is 2. The maximum absolute atomic E-state index is 6.62. The van der Waals surface area contributed by atoms with Gasteiger partial charge in [-0.1, -0.05) is 30.3 Å². The topological polar surface area (TPSA) is 94.1 Å². The molecular weight excluding hydrogens is 438 g/mol. The van der Waals surface area contributed by atoms with Crippen molar-refractivity contribution in [1.82, 2.24) is 24.6 Å². The van der Waals surface area contributed by atoms with E-state index in [4.69, 9.17) is 25.5 Å². The van der Waals surface area contributed by atoms with Crippen molar-refractivity contribution in [1.29, 1.82) is 0 Å². The molecule has 1 fully saturated rings. The summed E-state index contributed by atoms with van der Waals surface area (Å²) in [6.45, 7) is 10.3. The van der Waals surface area contributed by atoms with Gasteiger partial charge in [0.05, 0.1) is 16.6 Å². The summed E-state index contributed by atoms with van der Waals surface area (Å²) < 4.78 is 7.91. The van der Waals surface area contributed by atoms with Gasteiger partial charge in [0.15, 0.2) is 5.65 Å². The van der Waals surface area contributed by atoms with E-state index in [9.17, 15) is 0 Å². The molecule has 8 heteroatoms. The molecule has 0 unspecified atom stereocenters. The van der Waals surface area contributed by atoms with Crippen LogP contribution in [0.3, 0.4) is 0 Å². The normalized spacial score (nSPS) is 14.5. The molecule has 0 atom stereocenters. The third kappa shape index (κ3) is 5.07. The van der Waals surface area contributed by atoms with Crippen LogP contribution in [0, 0.1) is 0 Å². The van der Waals surface area contributed by atoms with E-state index >= 15 is 0 Å². The van der Waals surface area contributed by atoms with E-state index in [1.54, 1.807) is 0 Å². The Kier molecular flexibility index (Phi) is 6.30. The van der Waals surface area contributed by atoms with Crippen LogP contribution in [0.15, 0.2) is 54.6 Å². The van der Waals surface area contributed by atoms with Gasteiger partial charge in [-0.3, -0.25) is 0 Å². The van der Waals surface area contributed by atoms with Crippen LogP contribution in [0.25, 0.3) is 22.3 Å². The third-order valence-electron chi connectivity index (χ3n) is 6.20. The van der Waals surface area contributed by atoms with E-state index in [-0.39, 0.29) is 5.54 Å². The zero-order chi connectivity index (χ0) is 24.4. The van der Waals surface area contributed by atoms with Crippen LogP contribution in [0.1, 0.15) is 33.6 Å². The number of fused-ring (bicyclic) bond motifs is 1. The van der Waals surface area contributed by atoms with Gasteiger partial charge in [-0.2, -0.15) is 4.98 Å². The van der Waals surface area contributed by atoms with Crippen molar-refractivity contribution in [3.8, 4) is 22.8 Å². The summed E-state index contributed by atoms with van der Waals surface area (Å²) in [6, 6.07) is 17.6. The minimum atomic E-state index is -0.288. The molecule has 4 aromatic rings. The Bertz CT molecular complexity index is 1300. The number of nitrogens with zero attached hydrogens (tertiary/aromatic N) is 5. The number of ether oxygens (including phenoxy) is 1. The lowest BCUT2D eigenvalue weighted by molar-refractivity contribution is 0.352. The average molecular weight is 472 g/mol. The van der Waals surface area contributed by atoms with Crippen LogP contribution < -0.4 is 15.8 Å². The summed E-state index contributed by atoms with van der Waals surface area (Å²) in [5, 5.41) is 8.93. The number of aromatic nitrogens is 4. The largest absolute Gasteiger partial charge is 0.457 e. The predicted molar refractivity (Wildman–Crippen MR) is 141 cm³/mol. The SMILES string of the molecule is CC(C)(C)n1nc2nc(NCCN3CCCC3)nc(-c3cccc(Oc4ccccc4)c3)c2c1N. The summed E-state index contributed by atoms with van der Waals surface area (Å²) in [7, 11) is 0. The predicted octanol–water partition coefficient (Wildman–Crippen LogP) is 5.13. The van der Waals surface area contributed by atoms with Crippen LogP contribution in [-0.2, 0) is 5.54 Å². The second-order valence-corrected chi connectivity index (χ2v) is 9.98. The van der Waals surface area contributed by atoms with Gasteiger partial charge in [0.1, 0.15) is 17.3 Å². The van der Waals surface area contributed by atoms with Crippen LogP contribution >= 0.6 is 0 Å². The second-order valence-electron chi connectivity index (χ2n) is 9.98. The number of nitrogens with two attached hydrogens (primary N) is 1. The molecular formula is C27H33N7O. The molecule has 3 heterocycles. The van der Waals surface area contributed by atoms with Gasteiger partial charge in [0.25, 0.3) is 0 Å². The number of hydrogen-bond acceptors (Lipinski definition) is 7. The average Bonchev–Trinajstić information content (AvgIpc) is 3.47. The van der Waals surface area contributed by atoms with Crippen LogP contribution in [0.2, 0.25) is 0 Å². The lowest BCUT2D eigenvalue weighted by atomic mass is 10.1. The minimum Gasteiger partial charge on any atom is -0.457 e. The Balaban J connectivity index is 1.53. The summed E-state index contributed by atoms with van der Waals surface area (Å²) in [5.74, 6) is 2.62. The first-order valence-corrected chi connectivity index (χ1v) is 12.2. The number of anilines is 2. The fourth-order valence-corrected chi connectivity index (χ4v) is 4.47. The third-order valence-corrected chi connectivity index (χ3v) is 6.20. The van der Waals surface area contributed by atoms with E-state index in [1.807, 2.05) is 59.3 Å². The Morgan fingerprint density at radius 2 is 1.71 bits per heavy atom. The van der Waals surface area contributed by atoms with Gasteiger partial charge >= 0.3 is 0 Å². The molecule has 2 aromatic heterocycles. The molecule has 5 rings (SSSR count). The highest BCUT2D eigenvalue weighted by Gasteiger charge is 2.24. The summed E-state index contributed by atoms with van der Waals surface area (Å²) in [5.41, 5.74) is 8.55. The first kappa shape index (κ1) is 23.1. The molecule has 0 saturated carbocycles. The second kappa shape index (κ2) is 9.54. The Hall–Kier alpha value is -3.65. The summed E-state index contributed by atoms with van der Waals surface area (Å²) >= 11 is 0. The highest BCUT2D eigenvalue weighted by molar-refractivity contribution is 5.99. The molecule has 1 aliphatic rings.